The summed E-state index contributed by atoms with van der Waals surface area (Å²) in [6.45, 7) is 11.5. The van der Waals surface area contributed by atoms with Crippen LogP contribution in [0.25, 0.3) is 0 Å². The van der Waals surface area contributed by atoms with Gasteiger partial charge in [0.2, 0.25) is 0 Å². The molecular formula is C24H38N6O. The Hall–Kier alpha value is -2.54. The first-order chi connectivity index (χ1) is 15.0. The number of aryl methyl sites for hydroxylation is 1. The highest BCUT2D eigenvalue weighted by Crippen LogP contribution is 2.17. The molecule has 0 radical (unpaired) electrons. The summed E-state index contributed by atoms with van der Waals surface area (Å²) in [5, 5.41) is 11.1. The first-order valence-corrected chi connectivity index (χ1v) is 11.5. The van der Waals surface area contributed by atoms with Crippen LogP contribution in [0.3, 0.4) is 0 Å². The summed E-state index contributed by atoms with van der Waals surface area (Å²) < 4.78 is 7.54. The summed E-state index contributed by atoms with van der Waals surface area (Å²) in [5.74, 6) is 2.54. The number of benzene rings is 1. The van der Waals surface area contributed by atoms with Crippen LogP contribution in [0.4, 0.5) is 5.69 Å². The number of hydrogen-bond acceptors (Lipinski definition) is 4. The Balaban J connectivity index is 1.54. The fraction of sp³-hybridized carbons (Fsp3) is 0.583. The number of ether oxygens (including phenoxy) is 1. The van der Waals surface area contributed by atoms with Crippen LogP contribution in [-0.4, -0.2) is 52.9 Å². The molecular weight excluding hydrogens is 388 g/mol. The summed E-state index contributed by atoms with van der Waals surface area (Å²) in [4.78, 5) is 7.34. The molecule has 7 heteroatoms. The first kappa shape index (κ1) is 23.1. The number of aromatic nitrogens is 2. The van der Waals surface area contributed by atoms with Crippen LogP contribution in [0.15, 0.2) is 41.7 Å². The van der Waals surface area contributed by atoms with E-state index in [9.17, 15) is 0 Å². The highest BCUT2D eigenvalue weighted by atomic mass is 16.5. The third-order valence-corrected chi connectivity index (χ3v) is 5.49. The average Bonchev–Trinajstić information content (AvgIpc) is 3.16. The van der Waals surface area contributed by atoms with Gasteiger partial charge in [0.1, 0.15) is 5.75 Å². The quantitative estimate of drug-likeness (QED) is 0.362. The van der Waals surface area contributed by atoms with Crippen molar-refractivity contribution >= 4 is 11.6 Å². The standard InChI is InChI=1S/C24H38N6O/c1-19(2)31-23-8-6-22(7-9-23)28-24(26-16-21-17-27-29(4)18-21)25-12-5-13-30-14-10-20(3)11-15-30/h6-9,17-20H,5,10-16H2,1-4H3,(H2,25,26,28). The Labute approximate surface area is 186 Å². The molecule has 7 nitrogen and oxygen atoms in total. The van der Waals surface area contributed by atoms with Crippen LogP contribution in [0.2, 0.25) is 0 Å². The summed E-state index contributed by atoms with van der Waals surface area (Å²) in [5.41, 5.74) is 2.07. The van der Waals surface area contributed by atoms with Crippen molar-refractivity contribution < 1.29 is 4.74 Å². The van der Waals surface area contributed by atoms with E-state index in [0.29, 0.717) is 6.54 Å². The maximum Gasteiger partial charge on any atom is 0.196 e. The molecule has 1 aromatic carbocycles. The Morgan fingerprint density at radius 3 is 2.61 bits per heavy atom. The second-order valence-electron chi connectivity index (χ2n) is 8.81. The van der Waals surface area contributed by atoms with Crippen LogP contribution in [0.5, 0.6) is 5.75 Å². The summed E-state index contributed by atoms with van der Waals surface area (Å²) in [6.07, 6.45) is 7.77. The molecule has 2 aromatic rings. The maximum absolute atomic E-state index is 5.74. The van der Waals surface area contributed by atoms with Crippen LogP contribution in [0, 0.1) is 5.92 Å². The molecule has 1 aliphatic heterocycles. The molecule has 0 aliphatic carbocycles. The number of rotatable bonds is 9. The lowest BCUT2D eigenvalue weighted by atomic mass is 9.99. The predicted octanol–water partition coefficient (Wildman–Crippen LogP) is 3.89. The van der Waals surface area contributed by atoms with Crippen molar-refractivity contribution in [2.24, 2.45) is 18.0 Å². The van der Waals surface area contributed by atoms with Crippen LogP contribution in [-0.2, 0) is 13.6 Å². The van der Waals surface area contributed by atoms with Gasteiger partial charge >= 0.3 is 0 Å². The van der Waals surface area contributed by atoms with E-state index in [1.807, 2.05) is 57.6 Å². The van der Waals surface area contributed by atoms with E-state index in [2.05, 4.69) is 27.6 Å². The van der Waals surface area contributed by atoms with Crippen LogP contribution < -0.4 is 15.4 Å². The van der Waals surface area contributed by atoms with Crippen molar-refractivity contribution in [3.63, 3.8) is 0 Å². The van der Waals surface area contributed by atoms with E-state index in [-0.39, 0.29) is 6.10 Å². The van der Waals surface area contributed by atoms with E-state index in [0.717, 1.165) is 48.4 Å². The minimum atomic E-state index is 0.167. The molecule has 1 saturated heterocycles. The lowest BCUT2D eigenvalue weighted by molar-refractivity contribution is 0.191. The Morgan fingerprint density at radius 2 is 1.97 bits per heavy atom. The Kier molecular flexibility index (Phi) is 8.76. The topological polar surface area (TPSA) is 66.7 Å². The number of nitrogens with one attached hydrogen (secondary N) is 2. The lowest BCUT2D eigenvalue weighted by Crippen LogP contribution is -2.36. The molecule has 0 bridgehead atoms. The second-order valence-corrected chi connectivity index (χ2v) is 8.81. The van der Waals surface area contributed by atoms with Gasteiger partial charge in [0, 0.05) is 31.0 Å². The van der Waals surface area contributed by atoms with Crippen LogP contribution >= 0.6 is 0 Å². The number of likely N-dealkylation sites (tertiary alicyclic amines) is 1. The van der Waals surface area contributed by atoms with E-state index >= 15 is 0 Å². The molecule has 3 rings (SSSR count). The molecule has 2 heterocycles. The highest BCUT2D eigenvalue weighted by molar-refractivity contribution is 5.93. The van der Waals surface area contributed by atoms with Gasteiger partial charge in [-0.1, -0.05) is 6.92 Å². The van der Waals surface area contributed by atoms with Gasteiger partial charge in [0.15, 0.2) is 5.96 Å². The van der Waals surface area contributed by atoms with Crippen molar-refractivity contribution in [3.8, 4) is 5.75 Å². The largest absolute Gasteiger partial charge is 0.491 e. The smallest absolute Gasteiger partial charge is 0.196 e. The van der Waals surface area contributed by atoms with E-state index in [1.54, 1.807) is 4.68 Å². The zero-order valence-corrected chi connectivity index (χ0v) is 19.5. The van der Waals surface area contributed by atoms with Gasteiger partial charge in [0.05, 0.1) is 18.8 Å². The van der Waals surface area contributed by atoms with Crippen molar-refractivity contribution in [1.29, 1.82) is 0 Å². The normalized spacial score (nSPS) is 16.0. The first-order valence-electron chi connectivity index (χ1n) is 11.5. The van der Waals surface area contributed by atoms with Gasteiger partial charge in [-0.15, -0.1) is 0 Å². The molecule has 0 atom stereocenters. The maximum atomic E-state index is 5.74. The summed E-state index contributed by atoms with van der Waals surface area (Å²) in [6, 6.07) is 8.01. The molecule has 1 aliphatic rings. The van der Waals surface area contributed by atoms with Gasteiger partial charge in [-0.25, -0.2) is 4.99 Å². The monoisotopic (exact) mass is 426 g/mol. The predicted molar refractivity (Wildman–Crippen MR) is 128 cm³/mol. The zero-order chi connectivity index (χ0) is 22.1. The number of nitrogens with zero attached hydrogens (tertiary/aromatic N) is 4. The SMILES string of the molecule is CC1CCN(CCCNC(=NCc2cnn(C)c2)Nc2ccc(OC(C)C)cc2)CC1. The molecule has 1 aromatic heterocycles. The van der Waals surface area contributed by atoms with Crippen molar-refractivity contribution in [1.82, 2.24) is 20.0 Å². The third-order valence-electron chi connectivity index (χ3n) is 5.49. The third kappa shape index (κ3) is 8.25. The number of aliphatic imine (C=N–C) groups is 1. The fourth-order valence-electron chi connectivity index (χ4n) is 3.68. The number of guanidine groups is 1. The molecule has 0 saturated carbocycles. The molecule has 0 unspecified atom stereocenters. The van der Waals surface area contributed by atoms with Crippen LogP contribution in [0.1, 0.15) is 45.6 Å². The highest BCUT2D eigenvalue weighted by Gasteiger charge is 2.14. The molecule has 1 fully saturated rings. The molecule has 0 spiro atoms. The summed E-state index contributed by atoms with van der Waals surface area (Å²) >= 11 is 0. The Morgan fingerprint density at radius 1 is 1.23 bits per heavy atom. The van der Waals surface area contributed by atoms with E-state index in [4.69, 9.17) is 9.73 Å². The molecule has 31 heavy (non-hydrogen) atoms. The van der Waals surface area contributed by atoms with Crippen molar-refractivity contribution in [2.75, 3.05) is 31.5 Å². The second kappa shape index (κ2) is 11.7. The fourth-order valence-corrected chi connectivity index (χ4v) is 3.68. The van der Waals surface area contributed by atoms with E-state index in [1.165, 1.54) is 25.9 Å². The van der Waals surface area contributed by atoms with Crippen molar-refractivity contribution in [3.05, 3.63) is 42.2 Å². The average molecular weight is 427 g/mol. The van der Waals surface area contributed by atoms with E-state index < -0.39 is 0 Å². The number of hydrogen-bond donors (Lipinski definition) is 2. The van der Waals surface area contributed by atoms with Crippen molar-refractivity contribution in [2.45, 2.75) is 52.7 Å². The van der Waals surface area contributed by atoms with Gasteiger partial charge < -0.3 is 20.3 Å². The van der Waals surface area contributed by atoms with Gasteiger partial charge in [-0.05, 0) is 82.9 Å². The molecule has 170 valence electrons. The minimum Gasteiger partial charge on any atom is -0.491 e. The molecule has 0 amide bonds. The molecule has 2 N–H and O–H groups in total. The minimum absolute atomic E-state index is 0.167. The van der Waals surface area contributed by atoms with Gasteiger partial charge in [-0.2, -0.15) is 5.10 Å². The Bertz CT molecular complexity index is 806. The number of anilines is 1. The van der Waals surface area contributed by atoms with Gasteiger partial charge in [0.25, 0.3) is 0 Å². The summed E-state index contributed by atoms with van der Waals surface area (Å²) in [7, 11) is 1.92. The zero-order valence-electron chi connectivity index (χ0n) is 19.5. The lowest BCUT2D eigenvalue weighted by Gasteiger charge is -2.30. The number of piperidine rings is 1. The van der Waals surface area contributed by atoms with Gasteiger partial charge in [-0.3, -0.25) is 4.68 Å².